The molecule has 0 aliphatic rings. The quantitative estimate of drug-likeness (QED) is 0.820. The highest BCUT2D eigenvalue weighted by atomic mass is 19.1. The minimum absolute atomic E-state index is 0.00501. The average molecular weight is 311 g/mol. The fourth-order valence-corrected chi connectivity index (χ4v) is 1.85. The number of methoxy groups -OCH3 is 1. The molecule has 1 aromatic rings. The number of alkyl carbamates (subject to hydrolysis) is 1. The number of carbonyl (C=O) groups excluding carboxylic acids is 2. The smallest absolute Gasteiger partial charge is 0.407 e. The molecule has 0 saturated carbocycles. The molecule has 0 spiro atoms. The van der Waals surface area contributed by atoms with Gasteiger partial charge in [0.25, 0.3) is 0 Å². The molecule has 22 heavy (non-hydrogen) atoms. The third kappa shape index (κ3) is 6.22. The highest BCUT2D eigenvalue weighted by Crippen LogP contribution is 2.12. The minimum Gasteiger partial charge on any atom is -0.444 e. The number of ether oxygens (including phenoxy) is 2. The number of carbonyl (C=O) groups is 2. The van der Waals surface area contributed by atoms with E-state index in [1.54, 1.807) is 26.8 Å². The van der Waals surface area contributed by atoms with Gasteiger partial charge < -0.3 is 14.8 Å². The lowest BCUT2D eigenvalue weighted by molar-refractivity contribution is 0.0464. The minimum atomic E-state index is -0.643. The zero-order valence-corrected chi connectivity index (χ0v) is 13.3. The van der Waals surface area contributed by atoms with Gasteiger partial charge in [0.05, 0.1) is 18.2 Å². The van der Waals surface area contributed by atoms with Crippen LogP contribution in [0.5, 0.6) is 0 Å². The van der Waals surface area contributed by atoms with Gasteiger partial charge in [0.2, 0.25) is 0 Å². The van der Waals surface area contributed by atoms with Crippen molar-refractivity contribution in [2.24, 2.45) is 0 Å². The first-order valence-corrected chi connectivity index (χ1v) is 6.99. The van der Waals surface area contributed by atoms with E-state index in [0.717, 1.165) is 0 Å². The molecule has 0 aromatic heterocycles. The molecule has 0 aliphatic heterocycles. The maximum absolute atomic E-state index is 13.6. The first-order chi connectivity index (χ1) is 10.2. The first kappa shape index (κ1) is 18.1. The molecule has 0 saturated heterocycles. The van der Waals surface area contributed by atoms with Gasteiger partial charge in [-0.2, -0.15) is 0 Å². The molecule has 0 aliphatic carbocycles. The summed E-state index contributed by atoms with van der Waals surface area (Å²) in [5.74, 6) is -0.989. The molecule has 0 fully saturated rings. The van der Waals surface area contributed by atoms with E-state index in [9.17, 15) is 14.0 Å². The van der Waals surface area contributed by atoms with Crippen molar-refractivity contribution in [3.8, 4) is 0 Å². The number of benzene rings is 1. The van der Waals surface area contributed by atoms with Crippen LogP contribution >= 0.6 is 0 Å². The lowest BCUT2D eigenvalue weighted by Crippen LogP contribution is -2.42. The summed E-state index contributed by atoms with van der Waals surface area (Å²) in [6, 6.07) is 5.14. The van der Waals surface area contributed by atoms with Crippen LogP contribution in [-0.2, 0) is 9.47 Å². The number of ketones is 1. The van der Waals surface area contributed by atoms with Crippen molar-refractivity contribution in [3.05, 3.63) is 35.6 Å². The Kier molecular flexibility index (Phi) is 6.49. The summed E-state index contributed by atoms with van der Waals surface area (Å²) in [5.41, 5.74) is -0.647. The van der Waals surface area contributed by atoms with Crippen LogP contribution in [0, 0.1) is 5.82 Å². The SMILES string of the molecule is COCC(CC(=O)c1ccccc1F)NC(=O)OC(C)(C)C. The van der Waals surface area contributed by atoms with Crippen molar-refractivity contribution >= 4 is 11.9 Å². The van der Waals surface area contributed by atoms with Gasteiger partial charge in [-0.1, -0.05) is 12.1 Å². The van der Waals surface area contributed by atoms with Crippen LogP contribution < -0.4 is 5.32 Å². The van der Waals surface area contributed by atoms with E-state index >= 15 is 0 Å². The normalized spacial score (nSPS) is 12.6. The topological polar surface area (TPSA) is 64.6 Å². The number of nitrogens with one attached hydrogen (secondary N) is 1. The standard InChI is InChI=1S/C16H22FNO4/c1-16(2,3)22-15(20)18-11(10-21-4)9-14(19)12-7-5-6-8-13(12)17/h5-8,11H,9-10H2,1-4H3,(H,18,20). The summed E-state index contributed by atoms with van der Waals surface area (Å²) in [4.78, 5) is 23.9. The van der Waals surface area contributed by atoms with Crippen LogP contribution in [0.25, 0.3) is 0 Å². The number of hydrogen-bond donors (Lipinski definition) is 1. The lowest BCUT2D eigenvalue weighted by Gasteiger charge is -2.23. The molecule has 1 aromatic carbocycles. The Morgan fingerprint density at radius 2 is 1.91 bits per heavy atom. The number of Topliss-reactive ketones (excluding diaryl/α,β-unsaturated/α-hetero) is 1. The summed E-state index contributed by atoms with van der Waals surface area (Å²) in [7, 11) is 1.46. The fraction of sp³-hybridized carbons (Fsp3) is 0.500. The summed E-state index contributed by atoms with van der Waals surface area (Å²) in [6.45, 7) is 5.34. The summed E-state index contributed by atoms with van der Waals surface area (Å²) in [5, 5.41) is 2.57. The third-order valence-electron chi connectivity index (χ3n) is 2.69. The van der Waals surface area contributed by atoms with Gasteiger partial charge in [0, 0.05) is 13.5 Å². The van der Waals surface area contributed by atoms with Crippen molar-refractivity contribution in [3.63, 3.8) is 0 Å². The number of amides is 1. The van der Waals surface area contributed by atoms with Gasteiger partial charge in [-0.25, -0.2) is 9.18 Å². The van der Waals surface area contributed by atoms with Crippen molar-refractivity contribution in [1.82, 2.24) is 5.32 Å². The third-order valence-corrected chi connectivity index (χ3v) is 2.69. The Morgan fingerprint density at radius 3 is 2.45 bits per heavy atom. The molecular formula is C16H22FNO4. The van der Waals surface area contributed by atoms with E-state index in [2.05, 4.69) is 5.32 Å². The van der Waals surface area contributed by atoms with Crippen molar-refractivity contribution in [1.29, 1.82) is 0 Å². The van der Waals surface area contributed by atoms with Gasteiger partial charge in [-0.05, 0) is 32.9 Å². The molecule has 5 nitrogen and oxygen atoms in total. The molecule has 1 rings (SSSR count). The van der Waals surface area contributed by atoms with Gasteiger partial charge in [-0.3, -0.25) is 4.79 Å². The predicted octanol–water partition coefficient (Wildman–Crippen LogP) is 2.94. The van der Waals surface area contributed by atoms with Crippen molar-refractivity contribution in [2.45, 2.75) is 38.8 Å². The summed E-state index contributed by atoms with van der Waals surface area (Å²) in [6.07, 6.45) is -0.718. The van der Waals surface area contributed by atoms with Crippen LogP contribution in [-0.4, -0.2) is 37.2 Å². The monoisotopic (exact) mass is 311 g/mol. The maximum atomic E-state index is 13.6. The zero-order chi connectivity index (χ0) is 16.8. The van der Waals surface area contributed by atoms with Crippen LogP contribution in [0.1, 0.15) is 37.6 Å². The van der Waals surface area contributed by atoms with Crippen molar-refractivity contribution in [2.75, 3.05) is 13.7 Å². The molecular weight excluding hydrogens is 289 g/mol. The molecule has 0 heterocycles. The predicted molar refractivity (Wildman–Crippen MR) is 80.4 cm³/mol. The van der Waals surface area contributed by atoms with Crippen LogP contribution in [0.4, 0.5) is 9.18 Å². The highest BCUT2D eigenvalue weighted by Gasteiger charge is 2.22. The van der Waals surface area contributed by atoms with E-state index in [1.807, 2.05) is 0 Å². The summed E-state index contributed by atoms with van der Waals surface area (Å²) >= 11 is 0. The van der Waals surface area contributed by atoms with Crippen LogP contribution in [0.2, 0.25) is 0 Å². The van der Waals surface area contributed by atoms with Gasteiger partial charge in [-0.15, -0.1) is 0 Å². The Hall–Kier alpha value is -1.95. The Labute approximate surface area is 129 Å². The Bertz CT molecular complexity index is 525. The van der Waals surface area contributed by atoms with Crippen LogP contribution in [0.3, 0.4) is 0 Å². The van der Waals surface area contributed by atoms with Gasteiger partial charge in [0.15, 0.2) is 5.78 Å². The summed E-state index contributed by atoms with van der Waals surface area (Å²) < 4.78 is 23.7. The highest BCUT2D eigenvalue weighted by molar-refractivity contribution is 5.96. The first-order valence-electron chi connectivity index (χ1n) is 6.99. The fourth-order valence-electron chi connectivity index (χ4n) is 1.85. The second-order valence-electron chi connectivity index (χ2n) is 5.91. The second-order valence-corrected chi connectivity index (χ2v) is 5.91. The molecule has 1 atom stereocenters. The number of hydrogen-bond acceptors (Lipinski definition) is 4. The molecule has 0 bridgehead atoms. The average Bonchev–Trinajstić information content (AvgIpc) is 2.36. The molecule has 1 unspecified atom stereocenters. The second kappa shape index (κ2) is 7.89. The van der Waals surface area contributed by atoms with Gasteiger partial charge in [0.1, 0.15) is 11.4 Å². The zero-order valence-electron chi connectivity index (χ0n) is 13.3. The largest absolute Gasteiger partial charge is 0.444 e. The van der Waals surface area contributed by atoms with E-state index < -0.39 is 29.3 Å². The van der Waals surface area contributed by atoms with Crippen molar-refractivity contribution < 1.29 is 23.5 Å². The molecule has 0 radical (unpaired) electrons. The van der Waals surface area contributed by atoms with Crippen LogP contribution in [0.15, 0.2) is 24.3 Å². The lowest BCUT2D eigenvalue weighted by atomic mass is 10.0. The van der Waals surface area contributed by atoms with E-state index in [4.69, 9.17) is 9.47 Å². The Morgan fingerprint density at radius 1 is 1.27 bits per heavy atom. The molecule has 1 N–H and O–H groups in total. The van der Waals surface area contributed by atoms with Gasteiger partial charge >= 0.3 is 6.09 Å². The molecule has 122 valence electrons. The van der Waals surface area contributed by atoms with E-state index in [-0.39, 0.29) is 18.6 Å². The number of halogens is 1. The number of rotatable bonds is 6. The molecule has 1 amide bonds. The van der Waals surface area contributed by atoms with E-state index in [0.29, 0.717) is 0 Å². The maximum Gasteiger partial charge on any atom is 0.407 e. The molecule has 6 heteroatoms. The Balaban J connectivity index is 2.70. The van der Waals surface area contributed by atoms with E-state index in [1.165, 1.54) is 25.3 Å².